The summed E-state index contributed by atoms with van der Waals surface area (Å²) in [5, 5.41) is 0. The van der Waals surface area contributed by atoms with Crippen molar-refractivity contribution in [1.82, 2.24) is 0 Å². The van der Waals surface area contributed by atoms with E-state index in [4.69, 9.17) is 23.7 Å². The van der Waals surface area contributed by atoms with Gasteiger partial charge in [-0.15, -0.1) is 0 Å². The molecule has 0 N–H and O–H groups in total. The molecule has 226 valence electrons. The number of esters is 2. The Bertz CT molecular complexity index is 817. The van der Waals surface area contributed by atoms with Crippen LogP contribution in [0.1, 0.15) is 123 Å². The number of hydrogen-bond acceptors (Lipinski definition) is 7. The van der Waals surface area contributed by atoms with Crippen molar-refractivity contribution in [2.75, 3.05) is 19.8 Å². The molecule has 1 aromatic carbocycles. The highest BCUT2D eigenvalue weighted by atomic mass is 16.8. The highest BCUT2D eigenvalue weighted by Gasteiger charge is 2.47. The Balaban J connectivity index is 1.43. The van der Waals surface area contributed by atoms with Gasteiger partial charge in [0.1, 0.15) is 5.75 Å². The zero-order valence-corrected chi connectivity index (χ0v) is 25.1. The van der Waals surface area contributed by atoms with E-state index < -0.39 is 30.4 Å². The van der Waals surface area contributed by atoms with Crippen molar-refractivity contribution in [3.63, 3.8) is 0 Å². The van der Waals surface area contributed by atoms with E-state index in [-0.39, 0.29) is 13.2 Å². The van der Waals surface area contributed by atoms with Crippen molar-refractivity contribution in [3.05, 3.63) is 29.8 Å². The Morgan fingerprint density at radius 2 is 1.18 bits per heavy atom. The molecule has 1 saturated heterocycles. The van der Waals surface area contributed by atoms with Crippen molar-refractivity contribution in [2.24, 2.45) is 11.8 Å². The van der Waals surface area contributed by atoms with Crippen LogP contribution in [0.2, 0.25) is 0 Å². The van der Waals surface area contributed by atoms with Gasteiger partial charge < -0.3 is 23.7 Å². The lowest BCUT2D eigenvalue weighted by Gasteiger charge is -2.28. The van der Waals surface area contributed by atoms with Gasteiger partial charge in [-0.1, -0.05) is 97.1 Å². The topological polar surface area (TPSA) is 80.3 Å². The monoisotopic (exact) mass is 560 g/mol. The van der Waals surface area contributed by atoms with Crippen LogP contribution in [0, 0.1) is 11.8 Å². The first-order valence-corrected chi connectivity index (χ1v) is 15.9. The Morgan fingerprint density at radius 3 is 1.68 bits per heavy atom. The van der Waals surface area contributed by atoms with Gasteiger partial charge in [-0.05, 0) is 49.7 Å². The third kappa shape index (κ3) is 10.7. The van der Waals surface area contributed by atoms with Crippen LogP contribution >= 0.6 is 0 Å². The maximum atomic E-state index is 12.7. The third-order valence-electron chi connectivity index (χ3n) is 8.12. The minimum Gasteiger partial charge on any atom is -0.494 e. The minimum absolute atomic E-state index is 0.282. The van der Waals surface area contributed by atoms with Gasteiger partial charge in [0.2, 0.25) is 0 Å². The van der Waals surface area contributed by atoms with Crippen LogP contribution in [0.25, 0.3) is 0 Å². The summed E-state index contributed by atoms with van der Waals surface area (Å²) in [7, 11) is 0. The van der Waals surface area contributed by atoms with Gasteiger partial charge in [0.05, 0.1) is 19.8 Å². The number of carbonyl (C=O) groups is 2. The molecule has 0 bridgehead atoms. The molecule has 3 rings (SSSR count). The molecule has 2 aliphatic rings. The maximum Gasteiger partial charge on any atom is 0.338 e. The smallest absolute Gasteiger partial charge is 0.338 e. The molecular formula is C33H52O7. The largest absolute Gasteiger partial charge is 0.494 e. The van der Waals surface area contributed by atoms with Crippen LogP contribution in [-0.2, 0) is 28.5 Å². The summed E-state index contributed by atoms with van der Waals surface area (Å²) in [6, 6.07) is 7.46. The first-order valence-electron chi connectivity index (χ1n) is 15.9. The Morgan fingerprint density at radius 1 is 0.675 bits per heavy atom. The van der Waals surface area contributed by atoms with Gasteiger partial charge in [-0.2, -0.15) is 0 Å². The number of ether oxygens (including phenoxy) is 5. The lowest BCUT2D eigenvalue weighted by atomic mass is 9.78. The number of hydrogen-bond donors (Lipinski definition) is 0. The second kappa shape index (κ2) is 18.3. The summed E-state index contributed by atoms with van der Waals surface area (Å²) < 4.78 is 28.4. The molecule has 0 unspecified atom stereocenters. The number of unbranched alkanes of at least 4 members (excludes halogenated alkanes) is 4. The van der Waals surface area contributed by atoms with E-state index in [1.54, 1.807) is 0 Å². The van der Waals surface area contributed by atoms with Crippen LogP contribution in [0.5, 0.6) is 5.75 Å². The molecule has 2 fully saturated rings. The molecule has 0 aromatic heterocycles. The van der Waals surface area contributed by atoms with Gasteiger partial charge in [0.15, 0.2) is 18.5 Å². The molecule has 2 atom stereocenters. The lowest BCUT2D eigenvalue weighted by Crippen LogP contribution is -2.39. The fourth-order valence-electron chi connectivity index (χ4n) is 5.53. The van der Waals surface area contributed by atoms with Gasteiger partial charge in [0.25, 0.3) is 0 Å². The average Bonchev–Trinajstić information content (AvgIpc) is 3.43. The van der Waals surface area contributed by atoms with Crippen molar-refractivity contribution in [2.45, 2.75) is 129 Å². The van der Waals surface area contributed by atoms with Crippen molar-refractivity contribution >= 4 is 11.9 Å². The van der Waals surface area contributed by atoms with Gasteiger partial charge in [-0.25, -0.2) is 9.59 Å². The molecule has 1 aromatic rings. The summed E-state index contributed by atoms with van der Waals surface area (Å²) in [5.41, 5.74) is 0.707. The summed E-state index contributed by atoms with van der Waals surface area (Å²) >= 11 is 0. The molecule has 0 spiro atoms. The molecule has 0 amide bonds. The Hall–Kier alpha value is -2.12. The van der Waals surface area contributed by atoms with Gasteiger partial charge >= 0.3 is 11.9 Å². The van der Waals surface area contributed by atoms with Crippen LogP contribution < -0.4 is 4.74 Å². The maximum absolute atomic E-state index is 12.7. The van der Waals surface area contributed by atoms with E-state index in [0.29, 0.717) is 12.2 Å². The van der Waals surface area contributed by atoms with Crippen molar-refractivity contribution in [3.8, 4) is 5.75 Å². The molecule has 7 heteroatoms. The fourth-order valence-corrected chi connectivity index (χ4v) is 5.53. The molecule has 1 saturated carbocycles. The Labute approximate surface area is 241 Å². The van der Waals surface area contributed by atoms with E-state index in [1.165, 1.54) is 57.8 Å². The van der Waals surface area contributed by atoms with E-state index in [1.807, 2.05) is 38.1 Å². The SMILES string of the molecule is CCCCCC1CCC(CCCOc2ccc(C3O[C@@H](C(=O)OCCCC)[C@H](C(=O)OCCCC)O3)cc2)CC1. The average molecular weight is 561 g/mol. The predicted molar refractivity (Wildman–Crippen MR) is 155 cm³/mol. The van der Waals surface area contributed by atoms with E-state index >= 15 is 0 Å². The van der Waals surface area contributed by atoms with Crippen LogP contribution in [0.4, 0.5) is 0 Å². The van der Waals surface area contributed by atoms with Gasteiger partial charge in [0, 0.05) is 5.56 Å². The minimum atomic E-state index is -1.15. The Kier molecular flexibility index (Phi) is 14.9. The van der Waals surface area contributed by atoms with E-state index in [0.717, 1.165) is 49.7 Å². The molecule has 0 radical (unpaired) electrons. The van der Waals surface area contributed by atoms with Gasteiger partial charge in [-0.3, -0.25) is 0 Å². The normalized spacial score (nSPS) is 23.2. The molecule has 7 nitrogen and oxygen atoms in total. The quantitative estimate of drug-likeness (QED) is 0.134. The highest BCUT2D eigenvalue weighted by molar-refractivity contribution is 5.86. The molecule has 40 heavy (non-hydrogen) atoms. The van der Waals surface area contributed by atoms with Crippen molar-refractivity contribution in [1.29, 1.82) is 0 Å². The molecule has 1 heterocycles. The van der Waals surface area contributed by atoms with E-state index in [9.17, 15) is 9.59 Å². The zero-order chi connectivity index (χ0) is 28.6. The first kappa shape index (κ1) is 32.4. The summed E-state index contributed by atoms with van der Waals surface area (Å²) in [6.07, 6.45) is 13.5. The first-order chi connectivity index (χ1) is 19.5. The zero-order valence-electron chi connectivity index (χ0n) is 25.1. The summed E-state index contributed by atoms with van der Waals surface area (Å²) in [4.78, 5) is 25.3. The molecule has 1 aliphatic heterocycles. The summed E-state index contributed by atoms with van der Waals surface area (Å²) in [5.74, 6) is 1.38. The molecule has 1 aliphatic carbocycles. The predicted octanol–water partition coefficient (Wildman–Crippen LogP) is 7.70. The highest BCUT2D eigenvalue weighted by Crippen LogP contribution is 2.35. The standard InChI is InChI=1S/C33H52O7/c1-4-7-10-12-25-14-16-26(17-15-25)13-11-24-36-28-20-18-27(19-21-28)33-39-29(31(34)37-22-8-5-2)30(40-33)32(35)38-23-9-6-3/h18-21,25-26,29-30,33H,4-17,22-24H2,1-3H3/t25?,26?,29-,30-/m1/s1. The number of benzene rings is 1. The molecular weight excluding hydrogens is 508 g/mol. The lowest BCUT2D eigenvalue weighted by molar-refractivity contribution is -0.163. The van der Waals surface area contributed by atoms with E-state index in [2.05, 4.69) is 6.92 Å². The van der Waals surface area contributed by atoms with Crippen LogP contribution in [-0.4, -0.2) is 44.0 Å². The van der Waals surface area contributed by atoms with Crippen molar-refractivity contribution < 1.29 is 33.3 Å². The second-order valence-electron chi connectivity index (χ2n) is 11.4. The van der Waals surface area contributed by atoms with Crippen LogP contribution in [0.15, 0.2) is 24.3 Å². The second-order valence-corrected chi connectivity index (χ2v) is 11.4. The number of rotatable bonds is 18. The number of carbonyl (C=O) groups excluding carboxylic acids is 2. The third-order valence-corrected chi connectivity index (χ3v) is 8.12. The van der Waals surface area contributed by atoms with Crippen LogP contribution in [0.3, 0.4) is 0 Å². The fraction of sp³-hybridized carbons (Fsp3) is 0.758. The summed E-state index contributed by atoms with van der Waals surface area (Å²) in [6.45, 7) is 7.57.